The summed E-state index contributed by atoms with van der Waals surface area (Å²) in [6.07, 6.45) is 0.426. The highest BCUT2D eigenvalue weighted by Gasteiger charge is 2.48. The molecule has 0 aliphatic carbocycles. The fourth-order valence-corrected chi connectivity index (χ4v) is 11.0. The number of nitrogens with one attached hydrogen (secondary N) is 7. The van der Waals surface area contributed by atoms with Crippen molar-refractivity contribution in [3.8, 4) is 5.75 Å². The lowest BCUT2D eigenvalue weighted by atomic mass is 9.90. The molecular formula is C75H109ClN8O22. The number of amides is 8. The molecule has 8 atom stereocenters. The molecule has 0 radical (unpaired) electrons. The SMILES string of the molecule is COCCOCCOCCOCCOCCOCCOCCC(=O)N(CCC(=O)O)CCC(=O)N[C@H](C(=O)N[C@@H](C)C(=O)Nc1ccc(COC(=O)NCc2ccc([C@H]3O[C@@H]3[C@@H](C)[C@@H]3C/C=C/C(=O)N[C@H](Cc4ccc(OC)c(Cl)c4)C(=O)NCC(C)(C)C(=O)N[C@@H](CC(C)C)C(=O)O3)cc2)cc1)C(C)C. The summed E-state index contributed by atoms with van der Waals surface area (Å²) in [6.45, 7) is 18.5. The van der Waals surface area contributed by atoms with Crippen LogP contribution in [-0.2, 0) is 110 Å². The highest BCUT2D eigenvalue weighted by molar-refractivity contribution is 6.32. The van der Waals surface area contributed by atoms with E-state index in [9.17, 15) is 53.1 Å². The second-order valence-corrected chi connectivity index (χ2v) is 27.5. The number of hydrogen-bond donors (Lipinski definition) is 8. The number of carbonyl (C=O) groups excluding carboxylic acids is 9. The molecule has 5 rings (SSSR count). The zero-order chi connectivity index (χ0) is 77.6. The summed E-state index contributed by atoms with van der Waals surface area (Å²) in [5, 5.41) is 29.0. The normalized spacial score (nSPS) is 18.7. The van der Waals surface area contributed by atoms with Crippen LogP contribution in [0.1, 0.15) is 116 Å². The molecule has 8 amide bonds. The number of rotatable bonds is 45. The topological polar surface area (TPSA) is 383 Å². The number of carbonyl (C=O) groups is 10. The highest BCUT2D eigenvalue weighted by atomic mass is 35.5. The number of aliphatic carboxylic acids is 1. The second-order valence-electron chi connectivity index (χ2n) is 27.1. The van der Waals surface area contributed by atoms with Crippen molar-refractivity contribution in [1.82, 2.24) is 36.8 Å². The van der Waals surface area contributed by atoms with Gasteiger partial charge in [0.15, 0.2) is 0 Å². The van der Waals surface area contributed by atoms with Crippen molar-refractivity contribution in [2.24, 2.45) is 23.2 Å². The van der Waals surface area contributed by atoms with Crippen LogP contribution in [0, 0.1) is 23.2 Å². The molecule has 8 N–H and O–H groups in total. The Labute approximate surface area is 625 Å². The summed E-state index contributed by atoms with van der Waals surface area (Å²) in [5.74, 6) is -5.88. The Bertz CT molecular complexity index is 3310. The summed E-state index contributed by atoms with van der Waals surface area (Å²) in [4.78, 5) is 134. The zero-order valence-corrected chi connectivity index (χ0v) is 63.4. The van der Waals surface area contributed by atoms with Crippen LogP contribution in [0.3, 0.4) is 0 Å². The van der Waals surface area contributed by atoms with Crippen molar-refractivity contribution >= 4 is 76.7 Å². The molecule has 0 saturated carbocycles. The van der Waals surface area contributed by atoms with E-state index in [0.717, 1.165) is 11.1 Å². The van der Waals surface area contributed by atoms with Crippen molar-refractivity contribution in [2.45, 2.75) is 150 Å². The van der Waals surface area contributed by atoms with Crippen LogP contribution in [0.15, 0.2) is 78.9 Å². The predicted molar refractivity (Wildman–Crippen MR) is 390 cm³/mol. The molecular weight excluding hydrogens is 1400 g/mol. The number of benzene rings is 3. The third-order valence-electron chi connectivity index (χ3n) is 17.1. The van der Waals surface area contributed by atoms with E-state index < -0.39 is 113 Å². The van der Waals surface area contributed by atoms with Gasteiger partial charge in [-0.3, -0.25) is 38.4 Å². The molecule has 106 heavy (non-hydrogen) atoms. The number of ether oxygens (including phenoxy) is 11. The maximum Gasteiger partial charge on any atom is 0.407 e. The predicted octanol–water partition coefficient (Wildman–Crippen LogP) is 5.54. The van der Waals surface area contributed by atoms with Gasteiger partial charge in [-0.25, -0.2) is 9.59 Å². The molecule has 1 saturated heterocycles. The molecule has 588 valence electrons. The highest BCUT2D eigenvalue weighted by Crippen LogP contribution is 2.45. The Morgan fingerprint density at radius 1 is 0.689 bits per heavy atom. The largest absolute Gasteiger partial charge is 0.495 e. The Kier molecular flexibility index (Phi) is 39.5. The number of cyclic esters (lactones) is 1. The van der Waals surface area contributed by atoms with E-state index in [0.29, 0.717) is 93.7 Å². The first-order valence-electron chi connectivity index (χ1n) is 35.9. The van der Waals surface area contributed by atoms with Crippen LogP contribution in [-0.4, -0.2) is 226 Å². The average Bonchev–Trinajstić information content (AvgIpc) is 1.62. The molecule has 0 spiro atoms. The third kappa shape index (κ3) is 33.2. The smallest absolute Gasteiger partial charge is 0.407 e. The molecule has 1 fully saturated rings. The van der Waals surface area contributed by atoms with E-state index in [1.165, 1.54) is 25.0 Å². The van der Waals surface area contributed by atoms with Gasteiger partial charge in [-0.2, -0.15) is 0 Å². The number of hydrogen-bond acceptors (Lipinski definition) is 21. The van der Waals surface area contributed by atoms with Crippen LogP contribution >= 0.6 is 11.6 Å². The van der Waals surface area contributed by atoms with Gasteiger partial charge < -0.3 is 99.3 Å². The summed E-state index contributed by atoms with van der Waals surface area (Å²) in [5.41, 5.74) is 2.08. The first-order valence-corrected chi connectivity index (χ1v) is 36.2. The standard InChI is InChI=1S/C75H109ClN8O22/c1-48(2)42-59-72(93)105-60(12-11-13-62(85)81-58(44-54-18-23-61(97-10)57(76)43-54)70(91)78-47-75(7,8)73(94)82-59)50(5)67-68(106-67)55-19-14-52(15-20-55)45-77-74(95)104-46-53-16-21-56(22-17-53)80-69(90)51(6)79-71(92)66(49(3)4)83-63(86)24-27-84(28-25-65(88)89)64(87)26-29-98-32-33-100-36-37-102-40-41-103-39-38-101-35-34-99-31-30-96-9/h11,13-23,43,48-51,58-60,66-68H,12,24-42,44-47H2,1-10H3,(H,77,95)(H,78,91)(H,79,92)(H,80,90)(H,81,85)(H,82,94)(H,83,86)(H,88,89)/b13-11+/t50-,51-,58+,59-,60-,66-,67+,68+/m0/s1. The lowest BCUT2D eigenvalue weighted by Crippen LogP contribution is -2.54. The third-order valence-corrected chi connectivity index (χ3v) is 17.4. The molecule has 3 aromatic rings. The number of anilines is 1. The van der Waals surface area contributed by atoms with Gasteiger partial charge in [0.1, 0.15) is 48.7 Å². The van der Waals surface area contributed by atoms with E-state index in [1.54, 1.807) is 83.3 Å². The second kappa shape index (κ2) is 47.4. The Hall–Kier alpha value is -8.33. The Morgan fingerprint density at radius 3 is 1.85 bits per heavy atom. The van der Waals surface area contributed by atoms with E-state index in [2.05, 4.69) is 37.2 Å². The van der Waals surface area contributed by atoms with Gasteiger partial charge in [0.05, 0.1) is 122 Å². The van der Waals surface area contributed by atoms with E-state index in [1.807, 2.05) is 45.0 Å². The van der Waals surface area contributed by atoms with Gasteiger partial charge >= 0.3 is 18.0 Å². The lowest BCUT2D eigenvalue weighted by Gasteiger charge is -2.30. The van der Waals surface area contributed by atoms with Crippen molar-refractivity contribution in [3.63, 3.8) is 0 Å². The summed E-state index contributed by atoms with van der Waals surface area (Å²) in [7, 11) is 3.10. The molecule has 3 aromatic carbocycles. The molecule has 0 aromatic heterocycles. The van der Waals surface area contributed by atoms with Crippen LogP contribution in [0.4, 0.5) is 10.5 Å². The monoisotopic (exact) mass is 1510 g/mol. The van der Waals surface area contributed by atoms with Crippen LogP contribution < -0.4 is 42.0 Å². The first kappa shape index (κ1) is 88.3. The lowest BCUT2D eigenvalue weighted by molar-refractivity contribution is -0.157. The first-order chi connectivity index (χ1) is 50.7. The average molecular weight is 1510 g/mol. The van der Waals surface area contributed by atoms with E-state index in [4.69, 9.17) is 63.7 Å². The quantitative estimate of drug-likeness (QED) is 0.0196. The van der Waals surface area contributed by atoms with Crippen molar-refractivity contribution in [2.75, 3.05) is 125 Å². The molecule has 2 aliphatic rings. The van der Waals surface area contributed by atoms with Crippen LogP contribution in [0.5, 0.6) is 5.75 Å². The number of epoxide rings is 1. The number of alkyl carbamates (subject to hydrolysis) is 1. The number of carboxylic acids is 1. The number of halogens is 1. The molecule has 2 aliphatic heterocycles. The molecule has 0 unspecified atom stereocenters. The van der Waals surface area contributed by atoms with Gasteiger partial charge in [0.2, 0.25) is 41.4 Å². The molecule has 0 bridgehead atoms. The van der Waals surface area contributed by atoms with Crippen molar-refractivity contribution in [1.29, 1.82) is 0 Å². The molecule has 2 heterocycles. The fraction of sp³-hybridized carbons (Fsp3) is 0.600. The fourth-order valence-electron chi connectivity index (χ4n) is 10.7. The van der Waals surface area contributed by atoms with Gasteiger partial charge in [-0.15, -0.1) is 0 Å². The zero-order valence-electron chi connectivity index (χ0n) is 62.6. The number of esters is 1. The number of methoxy groups -OCH3 is 2. The van der Waals surface area contributed by atoms with Gasteiger partial charge in [0, 0.05) is 64.2 Å². The Morgan fingerprint density at radius 2 is 1.27 bits per heavy atom. The summed E-state index contributed by atoms with van der Waals surface area (Å²) in [6, 6.07) is 14.8. The van der Waals surface area contributed by atoms with Crippen molar-refractivity contribution in [3.05, 3.63) is 106 Å². The van der Waals surface area contributed by atoms with E-state index in [-0.39, 0.29) is 103 Å². The molecule has 30 nitrogen and oxygen atoms in total. The van der Waals surface area contributed by atoms with Crippen LogP contribution in [0.2, 0.25) is 5.02 Å². The van der Waals surface area contributed by atoms with E-state index >= 15 is 0 Å². The minimum atomic E-state index is -1.18. The number of nitrogens with zero attached hydrogens (tertiary/aromatic N) is 1. The minimum absolute atomic E-state index is 0.00996. The number of carboxylic acid groups (broad SMARTS) is 1. The minimum Gasteiger partial charge on any atom is -0.495 e. The summed E-state index contributed by atoms with van der Waals surface area (Å²) < 4.78 is 60.8. The maximum absolute atomic E-state index is 14.1. The molecule has 31 heteroatoms. The van der Waals surface area contributed by atoms with Gasteiger partial charge in [0.25, 0.3) is 0 Å². The van der Waals surface area contributed by atoms with Gasteiger partial charge in [-0.1, -0.05) is 94.8 Å². The maximum atomic E-state index is 14.1. The summed E-state index contributed by atoms with van der Waals surface area (Å²) >= 11 is 6.40. The van der Waals surface area contributed by atoms with Gasteiger partial charge in [-0.05, 0) is 91.6 Å². The Balaban J connectivity index is 1.02. The van der Waals surface area contributed by atoms with Crippen LogP contribution in [0.25, 0.3) is 0 Å². The van der Waals surface area contributed by atoms with Crippen molar-refractivity contribution < 1.29 is 105 Å².